The minimum absolute atomic E-state index is 0.288. The Morgan fingerprint density at radius 3 is 2.48 bits per heavy atom. The molecule has 1 N–H and O–H groups in total. The molecule has 206 valence electrons. The highest BCUT2D eigenvalue weighted by molar-refractivity contribution is 9.10. The van der Waals surface area contributed by atoms with Crippen LogP contribution < -0.4 is 5.32 Å². The maximum absolute atomic E-state index is 5.22. The number of hydrogen-bond acceptors (Lipinski definition) is 6. The number of nitrogens with zero attached hydrogens (tertiary/aromatic N) is 4. The number of piperazine rings is 1. The molecule has 1 saturated heterocycles. The average Bonchev–Trinajstić information content (AvgIpc) is 3.00. The highest BCUT2D eigenvalue weighted by Gasteiger charge is 2.27. The topological polar surface area (TPSA) is 53.5 Å². The van der Waals surface area contributed by atoms with Gasteiger partial charge in [0.05, 0.1) is 12.3 Å². The number of rotatable bonds is 9. The first-order chi connectivity index (χ1) is 19.7. The van der Waals surface area contributed by atoms with E-state index in [9.17, 15) is 0 Å². The molecule has 1 aromatic heterocycles. The first kappa shape index (κ1) is 27.1. The normalized spacial score (nSPS) is 17.3. The minimum Gasteiger partial charge on any atom is -0.383 e. The summed E-state index contributed by atoms with van der Waals surface area (Å²) in [5.41, 5.74) is 8.38. The molecule has 0 amide bonds. The van der Waals surface area contributed by atoms with E-state index >= 15 is 0 Å². The van der Waals surface area contributed by atoms with E-state index in [-0.39, 0.29) is 5.92 Å². The Morgan fingerprint density at radius 2 is 1.70 bits per heavy atom. The predicted octanol–water partition coefficient (Wildman–Crippen LogP) is 6.14. The lowest BCUT2D eigenvalue weighted by Gasteiger charge is -2.34. The van der Waals surface area contributed by atoms with Crippen LogP contribution in [0.2, 0.25) is 0 Å². The molecule has 0 bridgehead atoms. The molecule has 0 saturated carbocycles. The van der Waals surface area contributed by atoms with Gasteiger partial charge in [0.1, 0.15) is 0 Å². The van der Waals surface area contributed by atoms with Crippen LogP contribution in [-0.2, 0) is 17.6 Å². The maximum Gasteiger partial charge on any atom is 0.227 e. The van der Waals surface area contributed by atoms with Crippen molar-refractivity contribution in [3.8, 4) is 11.3 Å². The smallest absolute Gasteiger partial charge is 0.227 e. The van der Waals surface area contributed by atoms with Gasteiger partial charge >= 0.3 is 0 Å². The van der Waals surface area contributed by atoms with Gasteiger partial charge in [0.15, 0.2) is 0 Å². The van der Waals surface area contributed by atoms with Gasteiger partial charge in [0, 0.05) is 74.2 Å². The van der Waals surface area contributed by atoms with Crippen LogP contribution in [0.5, 0.6) is 0 Å². The number of methoxy groups -OCH3 is 1. The molecule has 2 aliphatic rings. The summed E-state index contributed by atoms with van der Waals surface area (Å²) in [4.78, 5) is 14.7. The Balaban J connectivity index is 1.10. The summed E-state index contributed by atoms with van der Waals surface area (Å²) >= 11 is 3.64. The number of ether oxygens (including phenoxy) is 1. The molecule has 1 fully saturated rings. The van der Waals surface area contributed by atoms with Gasteiger partial charge < -0.3 is 15.0 Å². The molecule has 4 aromatic rings. The fourth-order valence-electron chi connectivity index (χ4n) is 5.84. The summed E-state index contributed by atoms with van der Waals surface area (Å²) in [5.74, 6) is 0.921. The number of aromatic nitrogens is 2. The predicted molar refractivity (Wildman–Crippen MR) is 165 cm³/mol. The number of benzene rings is 3. The van der Waals surface area contributed by atoms with Crippen molar-refractivity contribution in [2.75, 3.05) is 58.3 Å². The van der Waals surface area contributed by atoms with Crippen LogP contribution in [0.4, 0.5) is 11.6 Å². The molecule has 6 nitrogen and oxygen atoms in total. The van der Waals surface area contributed by atoms with Gasteiger partial charge in [-0.15, -0.1) is 0 Å². The molecule has 0 spiro atoms. The zero-order chi connectivity index (χ0) is 27.3. The third kappa shape index (κ3) is 6.28. The number of fused-ring (bicyclic) bond motifs is 3. The molecule has 1 atom stereocenters. The van der Waals surface area contributed by atoms with Crippen LogP contribution >= 0.6 is 15.9 Å². The Hall–Kier alpha value is -3.10. The Kier molecular flexibility index (Phi) is 8.54. The van der Waals surface area contributed by atoms with E-state index in [1.807, 2.05) is 6.20 Å². The summed E-state index contributed by atoms with van der Waals surface area (Å²) < 4.78 is 6.32. The summed E-state index contributed by atoms with van der Waals surface area (Å²) in [6.07, 6.45) is 3.94. The molecule has 1 aliphatic heterocycles. The van der Waals surface area contributed by atoms with Gasteiger partial charge in [0.2, 0.25) is 5.95 Å². The monoisotopic (exact) mass is 597 g/mol. The third-order valence-corrected chi connectivity index (χ3v) is 8.63. The molecule has 1 aliphatic carbocycles. The molecule has 6 rings (SSSR count). The Labute approximate surface area is 245 Å². The van der Waals surface area contributed by atoms with Crippen LogP contribution in [0.25, 0.3) is 11.3 Å². The van der Waals surface area contributed by atoms with Gasteiger partial charge in [-0.2, -0.15) is 0 Å². The molecule has 40 heavy (non-hydrogen) atoms. The van der Waals surface area contributed by atoms with Crippen molar-refractivity contribution in [3.63, 3.8) is 0 Å². The lowest BCUT2D eigenvalue weighted by atomic mass is 9.78. The van der Waals surface area contributed by atoms with Gasteiger partial charge in [0.25, 0.3) is 0 Å². The second kappa shape index (κ2) is 12.6. The van der Waals surface area contributed by atoms with Gasteiger partial charge in [-0.25, -0.2) is 9.97 Å². The minimum atomic E-state index is 0.288. The van der Waals surface area contributed by atoms with Crippen LogP contribution in [0, 0.1) is 0 Å². The van der Waals surface area contributed by atoms with E-state index in [2.05, 4.69) is 104 Å². The molecule has 3 aromatic carbocycles. The Bertz CT molecular complexity index is 1440. The average molecular weight is 599 g/mol. The largest absolute Gasteiger partial charge is 0.383 e. The van der Waals surface area contributed by atoms with Gasteiger partial charge in [-0.05, 0) is 59.4 Å². The maximum atomic E-state index is 5.22. The van der Waals surface area contributed by atoms with Crippen molar-refractivity contribution in [2.24, 2.45) is 0 Å². The van der Waals surface area contributed by atoms with E-state index in [0.717, 1.165) is 74.6 Å². The quantitative estimate of drug-likeness (QED) is 0.250. The van der Waals surface area contributed by atoms with Gasteiger partial charge in [-0.1, -0.05) is 64.5 Å². The van der Waals surface area contributed by atoms with E-state index in [1.165, 1.54) is 27.8 Å². The number of halogens is 1. The lowest BCUT2D eigenvalue weighted by molar-refractivity contribution is 0.0976. The SMILES string of the molecule is COCCN1CCN(CCc2ccc(Nc3ncc4c(n3)-c3ccccc3C(c3cccc(Br)c3)C4)cc2)CC1. The molecule has 7 heteroatoms. The van der Waals surface area contributed by atoms with Crippen molar-refractivity contribution >= 4 is 27.6 Å². The van der Waals surface area contributed by atoms with Gasteiger partial charge in [-0.3, -0.25) is 4.90 Å². The van der Waals surface area contributed by atoms with E-state index in [0.29, 0.717) is 5.95 Å². The summed E-state index contributed by atoms with van der Waals surface area (Å²) in [6.45, 7) is 7.46. The third-order valence-electron chi connectivity index (χ3n) is 8.13. The van der Waals surface area contributed by atoms with Crippen LogP contribution in [0.15, 0.2) is 83.5 Å². The first-order valence-electron chi connectivity index (χ1n) is 14.2. The van der Waals surface area contributed by atoms with Crippen molar-refractivity contribution in [3.05, 3.63) is 106 Å². The van der Waals surface area contributed by atoms with E-state index < -0.39 is 0 Å². The lowest BCUT2D eigenvalue weighted by Crippen LogP contribution is -2.47. The van der Waals surface area contributed by atoms with Crippen molar-refractivity contribution in [1.29, 1.82) is 0 Å². The highest BCUT2D eigenvalue weighted by atomic mass is 79.9. The first-order valence-corrected chi connectivity index (χ1v) is 15.0. The summed E-state index contributed by atoms with van der Waals surface area (Å²) in [7, 11) is 1.77. The van der Waals surface area contributed by atoms with Crippen molar-refractivity contribution < 1.29 is 4.74 Å². The fraction of sp³-hybridized carbons (Fsp3) is 0.333. The molecule has 1 unspecified atom stereocenters. The summed E-state index contributed by atoms with van der Waals surface area (Å²) in [6, 6.07) is 26.0. The molecule has 0 radical (unpaired) electrons. The summed E-state index contributed by atoms with van der Waals surface area (Å²) in [5, 5.41) is 3.43. The van der Waals surface area contributed by atoms with Crippen molar-refractivity contribution in [1.82, 2.24) is 19.8 Å². The second-order valence-corrected chi connectivity index (χ2v) is 11.6. The van der Waals surface area contributed by atoms with Crippen LogP contribution in [-0.4, -0.2) is 72.8 Å². The van der Waals surface area contributed by atoms with Crippen molar-refractivity contribution in [2.45, 2.75) is 18.8 Å². The molecular formula is C33H36BrN5O. The zero-order valence-electron chi connectivity index (χ0n) is 23.0. The fourth-order valence-corrected chi connectivity index (χ4v) is 6.26. The van der Waals surface area contributed by atoms with Crippen LogP contribution in [0.1, 0.15) is 28.2 Å². The highest BCUT2D eigenvalue weighted by Crippen LogP contribution is 2.42. The zero-order valence-corrected chi connectivity index (χ0v) is 24.6. The number of hydrogen-bond donors (Lipinski definition) is 1. The van der Waals surface area contributed by atoms with E-state index in [1.54, 1.807) is 7.11 Å². The Morgan fingerprint density at radius 1 is 0.925 bits per heavy atom. The number of anilines is 2. The molecule has 2 heterocycles. The number of nitrogens with one attached hydrogen (secondary N) is 1. The standard InChI is InChI=1S/C33H36BrN5O/c1-40-20-19-39-17-15-38(16-18-39)14-13-24-9-11-28(12-10-24)36-33-35-23-26-22-31(25-5-4-6-27(34)21-25)29-7-2-3-8-30(29)32(26)37-33/h2-12,21,23,31H,13-20,22H2,1H3,(H,35,36,37). The van der Waals surface area contributed by atoms with Crippen LogP contribution in [0.3, 0.4) is 0 Å². The molecular weight excluding hydrogens is 562 g/mol. The van der Waals surface area contributed by atoms with E-state index in [4.69, 9.17) is 14.7 Å². The second-order valence-electron chi connectivity index (χ2n) is 10.7.